The number of aromatic nitrogens is 2. The molecule has 118 valence electrons. The molecule has 0 fully saturated rings. The van der Waals surface area contributed by atoms with Gasteiger partial charge in [0, 0.05) is 23.0 Å². The molecular formula is C18H20N4O. The number of hydrogen-bond acceptors (Lipinski definition) is 3. The molecule has 0 aliphatic rings. The number of carbonyl (C=O) groups excluding carboxylic acids is 1. The van der Waals surface area contributed by atoms with Crippen molar-refractivity contribution in [1.29, 1.82) is 0 Å². The van der Waals surface area contributed by atoms with Gasteiger partial charge in [-0.25, -0.2) is 4.98 Å². The summed E-state index contributed by atoms with van der Waals surface area (Å²) in [5.41, 5.74) is 10.5. The molecule has 5 heteroatoms. The topological polar surface area (TPSA) is 72.9 Å². The van der Waals surface area contributed by atoms with Crippen LogP contribution in [-0.2, 0) is 0 Å². The van der Waals surface area contributed by atoms with Crippen LogP contribution < -0.4 is 11.1 Å². The van der Waals surface area contributed by atoms with Crippen molar-refractivity contribution in [3.63, 3.8) is 0 Å². The quantitative estimate of drug-likeness (QED) is 0.724. The van der Waals surface area contributed by atoms with Gasteiger partial charge in [0.15, 0.2) is 0 Å². The third-order valence-electron chi connectivity index (χ3n) is 3.89. The third kappa shape index (κ3) is 2.90. The van der Waals surface area contributed by atoms with Gasteiger partial charge < -0.3 is 15.6 Å². The lowest BCUT2D eigenvalue weighted by molar-refractivity contribution is 0.102. The average Bonchev–Trinajstić information content (AvgIpc) is 2.93. The highest BCUT2D eigenvalue weighted by molar-refractivity contribution is 6.06. The zero-order valence-electron chi connectivity index (χ0n) is 13.5. The van der Waals surface area contributed by atoms with Crippen molar-refractivity contribution >= 4 is 28.3 Å². The molecule has 1 aromatic heterocycles. The van der Waals surface area contributed by atoms with E-state index in [2.05, 4.69) is 28.7 Å². The van der Waals surface area contributed by atoms with Crippen molar-refractivity contribution in [2.45, 2.75) is 26.8 Å². The Kier molecular flexibility index (Phi) is 3.78. The molecule has 0 radical (unpaired) electrons. The molecule has 1 amide bonds. The third-order valence-corrected chi connectivity index (χ3v) is 3.89. The molecule has 0 aliphatic heterocycles. The molecule has 5 nitrogen and oxygen atoms in total. The summed E-state index contributed by atoms with van der Waals surface area (Å²) in [5.74, 6) is -0.154. The number of nitrogen functional groups attached to an aromatic ring is 1. The van der Waals surface area contributed by atoms with Gasteiger partial charge in [0.1, 0.15) is 0 Å². The Labute approximate surface area is 135 Å². The summed E-state index contributed by atoms with van der Waals surface area (Å²) in [5, 5.41) is 2.92. The lowest BCUT2D eigenvalue weighted by Gasteiger charge is -2.10. The van der Waals surface area contributed by atoms with E-state index in [9.17, 15) is 4.79 Å². The van der Waals surface area contributed by atoms with E-state index in [0.29, 0.717) is 17.3 Å². The maximum Gasteiger partial charge on any atom is 0.255 e. The van der Waals surface area contributed by atoms with Gasteiger partial charge in [0.25, 0.3) is 5.91 Å². The van der Waals surface area contributed by atoms with E-state index in [-0.39, 0.29) is 5.91 Å². The summed E-state index contributed by atoms with van der Waals surface area (Å²) in [6.45, 7) is 6.12. The van der Waals surface area contributed by atoms with Crippen LogP contribution in [0.15, 0.2) is 42.7 Å². The van der Waals surface area contributed by atoms with Crippen LogP contribution in [-0.4, -0.2) is 15.5 Å². The number of hydrogen-bond donors (Lipinski definition) is 2. The molecule has 1 heterocycles. The maximum atomic E-state index is 12.5. The molecule has 3 rings (SSSR count). The molecule has 0 bridgehead atoms. The first-order valence-corrected chi connectivity index (χ1v) is 7.60. The lowest BCUT2D eigenvalue weighted by atomic mass is 10.1. The van der Waals surface area contributed by atoms with E-state index in [1.54, 1.807) is 12.4 Å². The van der Waals surface area contributed by atoms with Crippen LogP contribution in [0.25, 0.3) is 11.0 Å². The summed E-state index contributed by atoms with van der Waals surface area (Å²) in [7, 11) is 0. The predicted molar refractivity (Wildman–Crippen MR) is 93.7 cm³/mol. The highest BCUT2D eigenvalue weighted by Gasteiger charge is 2.11. The fourth-order valence-corrected chi connectivity index (χ4v) is 2.61. The number of nitrogens with two attached hydrogens (primary N) is 1. The standard InChI is InChI=1S/C18H20N4O/c1-11(2)22-10-20-16-9-13(4-7-17(16)22)18(23)21-15-6-5-14(19)8-12(15)3/h4-11H,19H2,1-3H3,(H,21,23). The Morgan fingerprint density at radius 3 is 2.70 bits per heavy atom. The smallest absolute Gasteiger partial charge is 0.255 e. The van der Waals surface area contributed by atoms with Gasteiger partial charge >= 0.3 is 0 Å². The van der Waals surface area contributed by atoms with Gasteiger partial charge in [-0.1, -0.05) is 0 Å². The van der Waals surface area contributed by atoms with Crippen LogP contribution in [0.2, 0.25) is 0 Å². The zero-order chi connectivity index (χ0) is 16.6. The van der Waals surface area contributed by atoms with E-state index in [0.717, 1.165) is 22.3 Å². The molecular weight excluding hydrogens is 288 g/mol. The van der Waals surface area contributed by atoms with Crippen LogP contribution in [0.5, 0.6) is 0 Å². The van der Waals surface area contributed by atoms with Gasteiger partial charge in [-0.3, -0.25) is 4.79 Å². The molecule has 0 spiro atoms. The summed E-state index contributed by atoms with van der Waals surface area (Å²) < 4.78 is 2.08. The van der Waals surface area contributed by atoms with Crippen LogP contribution in [0.4, 0.5) is 11.4 Å². The predicted octanol–water partition coefficient (Wildman–Crippen LogP) is 3.76. The minimum atomic E-state index is -0.154. The average molecular weight is 308 g/mol. The van der Waals surface area contributed by atoms with Gasteiger partial charge in [-0.2, -0.15) is 0 Å². The SMILES string of the molecule is Cc1cc(N)ccc1NC(=O)c1ccc2c(c1)ncn2C(C)C. The number of benzene rings is 2. The van der Waals surface area contributed by atoms with Gasteiger partial charge in [-0.05, 0) is 62.7 Å². The summed E-state index contributed by atoms with van der Waals surface area (Å²) in [6, 6.07) is 11.3. The highest BCUT2D eigenvalue weighted by Crippen LogP contribution is 2.21. The van der Waals surface area contributed by atoms with Gasteiger partial charge in [0.2, 0.25) is 0 Å². The van der Waals surface area contributed by atoms with Crippen molar-refractivity contribution in [3.05, 3.63) is 53.9 Å². The van der Waals surface area contributed by atoms with Crippen LogP contribution in [0, 0.1) is 6.92 Å². The molecule has 23 heavy (non-hydrogen) atoms. The molecule has 3 aromatic rings. The first kappa shape index (κ1) is 15.1. The second-order valence-corrected chi connectivity index (χ2v) is 5.98. The van der Waals surface area contributed by atoms with Gasteiger partial charge in [0.05, 0.1) is 17.4 Å². The number of aryl methyl sites for hydroxylation is 1. The fraction of sp³-hybridized carbons (Fsp3) is 0.222. The molecule has 2 aromatic carbocycles. The molecule has 0 unspecified atom stereocenters. The Bertz CT molecular complexity index is 880. The number of amides is 1. The number of nitrogens with one attached hydrogen (secondary N) is 1. The molecule has 0 atom stereocenters. The summed E-state index contributed by atoms with van der Waals surface area (Å²) in [4.78, 5) is 16.8. The number of fused-ring (bicyclic) bond motifs is 1. The number of rotatable bonds is 3. The van der Waals surface area contributed by atoms with Crippen LogP contribution in [0.1, 0.15) is 35.8 Å². The monoisotopic (exact) mass is 308 g/mol. The first-order valence-electron chi connectivity index (χ1n) is 7.60. The minimum Gasteiger partial charge on any atom is -0.399 e. The Hall–Kier alpha value is -2.82. The van der Waals surface area contributed by atoms with Crippen molar-refractivity contribution in [2.24, 2.45) is 0 Å². The second kappa shape index (κ2) is 5.76. The Morgan fingerprint density at radius 1 is 1.22 bits per heavy atom. The van der Waals surface area contributed by atoms with E-state index in [1.165, 1.54) is 0 Å². The fourth-order valence-electron chi connectivity index (χ4n) is 2.61. The van der Waals surface area contributed by atoms with E-state index >= 15 is 0 Å². The maximum absolute atomic E-state index is 12.5. The van der Waals surface area contributed by atoms with Crippen LogP contribution >= 0.6 is 0 Å². The van der Waals surface area contributed by atoms with E-state index < -0.39 is 0 Å². The number of carbonyl (C=O) groups is 1. The van der Waals surface area contributed by atoms with E-state index in [1.807, 2.05) is 37.3 Å². The first-order chi connectivity index (χ1) is 11.0. The van der Waals surface area contributed by atoms with Crippen LogP contribution in [0.3, 0.4) is 0 Å². The molecule has 3 N–H and O–H groups in total. The highest BCUT2D eigenvalue weighted by atomic mass is 16.1. The second-order valence-electron chi connectivity index (χ2n) is 5.98. The summed E-state index contributed by atoms with van der Waals surface area (Å²) in [6.07, 6.45) is 1.81. The van der Waals surface area contributed by atoms with Crippen molar-refractivity contribution in [1.82, 2.24) is 9.55 Å². The minimum absolute atomic E-state index is 0.154. The molecule has 0 saturated heterocycles. The van der Waals surface area contributed by atoms with E-state index in [4.69, 9.17) is 5.73 Å². The number of imidazole rings is 1. The normalized spacial score (nSPS) is 11.1. The molecule has 0 aliphatic carbocycles. The summed E-state index contributed by atoms with van der Waals surface area (Å²) >= 11 is 0. The largest absolute Gasteiger partial charge is 0.399 e. The van der Waals surface area contributed by atoms with Crippen molar-refractivity contribution in [3.8, 4) is 0 Å². The Morgan fingerprint density at radius 2 is 2.00 bits per heavy atom. The molecule has 0 saturated carbocycles. The lowest BCUT2D eigenvalue weighted by Crippen LogP contribution is -2.13. The number of nitrogens with zero attached hydrogens (tertiary/aromatic N) is 2. The Balaban J connectivity index is 1.89. The van der Waals surface area contributed by atoms with Crippen molar-refractivity contribution in [2.75, 3.05) is 11.1 Å². The van der Waals surface area contributed by atoms with Crippen molar-refractivity contribution < 1.29 is 4.79 Å². The zero-order valence-corrected chi connectivity index (χ0v) is 13.5. The van der Waals surface area contributed by atoms with Gasteiger partial charge in [-0.15, -0.1) is 0 Å². The number of anilines is 2.